The number of piperidine rings is 1. The summed E-state index contributed by atoms with van der Waals surface area (Å²) in [7, 11) is 0. The minimum Gasteiger partial charge on any atom is -0.397 e. The van der Waals surface area contributed by atoms with E-state index in [1.165, 1.54) is 65.9 Å². The van der Waals surface area contributed by atoms with Crippen LogP contribution in [-0.2, 0) is 19.3 Å². The van der Waals surface area contributed by atoms with E-state index >= 15 is 0 Å². The van der Waals surface area contributed by atoms with E-state index in [4.69, 9.17) is 10.7 Å². The highest BCUT2D eigenvalue weighted by Gasteiger charge is 2.20. The number of nitrogen functional groups attached to an aromatic ring is 1. The summed E-state index contributed by atoms with van der Waals surface area (Å²) in [6, 6.07) is 10.9. The maximum absolute atomic E-state index is 12.8. The van der Waals surface area contributed by atoms with Crippen LogP contribution in [0.5, 0.6) is 0 Å². The Labute approximate surface area is 187 Å². The number of aromatic nitrogens is 1. The zero-order valence-electron chi connectivity index (χ0n) is 18.0. The van der Waals surface area contributed by atoms with Gasteiger partial charge in [-0.2, -0.15) is 0 Å². The second-order valence-corrected chi connectivity index (χ2v) is 9.72. The Morgan fingerprint density at radius 2 is 1.84 bits per heavy atom. The van der Waals surface area contributed by atoms with Gasteiger partial charge in [0.25, 0.3) is 5.91 Å². The van der Waals surface area contributed by atoms with E-state index in [9.17, 15) is 4.79 Å². The average Bonchev–Trinajstić information content (AvgIpc) is 3.14. The van der Waals surface area contributed by atoms with Gasteiger partial charge in [-0.3, -0.25) is 4.79 Å². The molecule has 0 unspecified atom stereocenters. The molecule has 1 aliphatic carbocycles. The molecule has 5 nitrogen and oxygen atoms in total. The third-order valence-corrected chi connectivity index (χ3v) is 7.68. The van der Waals surface area contributed by atoms with Gasteiger partial charge in [-0.05, 0) is 80.7 Å². The fourth-order valence-corrected chi connectivity index (χ4v) is 5.77. The largest absolute Gasteiger partial charge is 0.397 e. The van der Waals surface area contributed by atoms with Gasteiger partial charge in [-0.25, -0.2) is 4.98 Å². The van der Waals surface area contributed by atoms with Crippen molar-refractivity contribution in [1.82, 2.24) is 10.3 Å². The van der Waals surface area contributed by atoms with Gasteiger partial charge in [0.05, 0.1) is 5.69 Å². The molecule has 1 aromatic carbocycles. The number of carbonyl (C=O) groups excluding carboxylic acids is 1. The summed E-state index contributed by atoms with van der Waals surface area (Å²) >= 11 is 1.42. The van der Waals surface area contributed by atoms with Crippen LogP contribution in [0, 0.1) is 0 Å². The third kappa shape index (κ3) is 4.26. The molecule has 162 valence electrons. The van der Waals surface area contributed by atoms with Crippen molar-refractivity contribution in [2.75, 3.05) is 30.3 Å². The summed E-state index contributed by atoms with van der Waals surface area (Å²) in [4.78, 5) is 21.5. The molecule has 0 spiro atoms. The van der Waals surface area contributed by atoms with E-state index < -0.39 is 0 Å². The van der Waals surface area contributed by atoms with Gasteiger partial charge < -0.3 is 16.0 Å². The predicted octanol–water partition coefficient (Wildman–Crippen LogP) is 4.72. The molecule has 2 aliphatic rings. The van der Waals surface area contributed by atoms with Crippen molar-refractivity contribution in [3.8, 4) is 0 Å². The molecule has 1 fully saturated rings. The predicted molar refractivity (Wildman–Crippen MR) is 129 cm³/mol. The number of hydrogen-bond donors (Lipinski definition) is 2. The molecule has 1 amide bonds. The fourth-order valence-electron chi connectivity index (χ4n) is 4.75. The van der Waals surface area contributed by atoms with Crippen LogP contribution in [-0.4, -0.2) is 30.5 Å². The number of anilines is 2. The van der Waals surface area contributed by atoms with Crippen molar-refractivity contribution in [3.05, 3.63) is 52.0 Å². The van der Waals surface area contributed by atoms with Crippen LogP contribution < -0.4 is 16.0 Å². The van der Waals surface area contributed by atoms with E-state index in [1.807, 2.05) is 0 Å². The normalized spacial score (nSPS) is 16.3. The second kappa shape index (κ2) is 8.87. The zero-order chi connectivity index (χ0) is 21.2. The molecule has 0 radical (unpaired) electrons. The summed E-state index contributed by atoms with van der Waals surface area (Å²) < 4.78 is 0. The van der Waals surface area contributed by atoms with Gasteiger partial charge >= 0.3 is 0 Å². The van der Waals surface area contributed by atoms with Crippen molar-refractivity contribution in [2.45, 2.75) is 51.4 Å². The van der Waals surface area contributed by atoms with Crippen LogP contribution in [0.2, 0.25) is 0 Å². The SMILES string of the molecule is Nc1c(C(=O)NCCc2ccc(N3CCCCC3)cc2)sc2nc3c(cc12)CCCC3. The summed E-state index contributed by atoms with van der Waals surface area (Å²) in [5.41, 5.74) is 11.9. The molecule has 0 atom stereocenters. The van der Waals surface area contributed by atoms with E-state index in [1.54, 1.807) is 0 Å². The molecular weight excluding hydrogens is 404 g/mol. The second-order valence-electron chi connectivity index (χ2n) is 8.72. The number of aryl methyl sites for hydroxylation is 2. The van der Waals surface area contributed by atoms with Crippen LogP contribution in [0.3, 0.4) is 0 Å². The molecule has 2 aromatic heterocycles. The number of nitrogens with zero attached hydrogens (tertiary/aromatic N) is 2. The monoisotopic (exact) mass is 434 g/mol. The Morgan fingerprint density at radius 1 is 1.06 bits per heavy atom. The molecule has 3 heterocycles. The molecule has 0 saturated carbocycles. The number of amides is 1. The molecule has 6 heteroatoms. The van der Waals surface area contributed by atoms with Crippen LogP contribution in [0.1, 0.15) is 58.6 Å². The number of nitrogens with two attached hydrogens (primary N) is 1. The first-order valence-electron chi connectivity index (χ1n) is 11.5. The quantitative estimate of drug-likeness (QED) is 0.610. The molecule has 5 rings (SSSR count). The minimum absolute atomic E-state index is 0.0941. The topological polar surface area (TPSA) is 71.2 Å². The number of rotatable bonds is 5. The van der Waals surface area contributed by atoms with Crippen LogP contribution in [0.25, 0.3) is 10.2 Å². The Morgan fingerprint density at radius 3 is 2.65 bits per heavy atom. The van der Waals surface area contributed by atoms with Gasteiger partial charge in [0.2, 0.25) is 0 Å². The Kier molecular flexibility index (Phi) is 5.81. The number of thiophene rings is 1. The van der Waals surface area contributed by atoms with Crippen molar-refractivity contribution < 1.29 is 4.79 Å². The zero-order valence-corrected chi connectivity index (χ0v) is 18.8. The van der Waals surface area contributed by atoms with E-state index in [-0.39, 0.29) is 5.91 Å². The van der Waals surface area contributed by atoms with Crippen molar-refractivity contribution in [2.24, 2.45) is 0 Å². The van der Waals surface area contributed by atoms with Crippen molar-refractivity contribution in [1.29, 1.82) is 0 Å². The highest BCUT2D eigenvalue weighted by Crippen LogP contribution is 2.35. The average molecular weight is 435 g/mol. The maximum atomic E-state index is 12.8. The molecule has 0 bridgehead atoms. The lowest BCUT2D eigenvalue weighted by atomic mass is 9.95. The van der Waals surface area contributed by atoms with Gasteiger partial charge in [0, 0.05) is 36.4 Å². The Balaban J connectivity index is 1.21. The number of carbonyl (C=O) groups is 1. The van der Waals surface area contributed by atoms with Crippen molar-refractivity contribution in [3.63, 3.8) is 0 Å². The van der Waals surface area contributed by atoms with E-state index in [0.717, 1.165) is 42.6 Å². The Hall–Kier alpha value is -2.60. The lowest BCUT2D eigenvalue weighted by molar-refractivity contribution is 0.0959. The first-order chi connectivity index (χ1) is 15.2. The summed E-state index contributed by atoms with van der Waals surface area (Å²) in [6.07, 6.45) is 9.21. The number of nitrogens with one attached hydrogen (secondary N) is 1. The smallest absolute Gasteiger partial charge is 0.263 e. The highest BCUT2D eigenvalue weighted by atomic mass is 32.1. The summed E-state index contributed by atoms with van der Waals surface area (Å²) in [6.45, 7) is 2.91. The number of pyridine rings is 1. The van der Waals surface area contributed by atoms with Gasteiger partial charge in [0.1, 0.15) is 9.71 Å². The molecular formula is C25H30N4OS. The Bertz CT molecular complexity index is 1080. The van der Waals surface area contributed by atoms with E-state index in [0.29, 0.717) is 17.1 Å². The molecule has 3 N–H and O–H groups in total. The standard InChI is InChI=1S/C25H30N4OS/c26-22-20-16-18-6-2-3-7-21(18)28-25(20)31-23(22)24(30)27-13-12-17-8-10-19(11-9-17)29-14-4-1-5-15-29/h8-11,16H,1-7,12-15,26H2,(H,27,30). The molecule has 3 aromatic rings. The molecule has 1 aliphatic heterocycles. The lowest BCUT2D eigenvalue weighted by Crippen LogP contribution is -2.29. The number of fused-ring (bicyclic) bond motifs is 2. The van der Waals surface area contributed by atoms with Gasteiger partial charge in [-0.15, -0.1) is 11.3 Å². The van der Waals surface area contributed by atoms with Crippen LogP contribution >= 0.6 is 11.3 Å². The summed E-state index contributed by atoms with van der Waals surface area (Å²) in [5.74, 6) is -0.0941. The van der Waals surface area contributed by atoms with E-state index in [2.05, 4.69) is 40.5 Å². The van der Waals surface area contributed by atoms with Crippen LogP contribution in [0.4, 0.5) is 11.4 Å². The minimum atomic E-state index is -0.0941. The summed E-state index contributed by atoms with van der Waals surface area (Å²) in [5, 5.41) is 3.98. The highest BCUT2D eigenvalue weighted by molar-refractivity contribution is 7.21. The third-order valence-electron chi connectivity index (χ3n) is 6.56. The maximum Gasteiger partial charge on any atom is 0.263 e. The first kappa shape index (κ1) is 20.3. The number of benzene rings is 1. The lowest BCUT2D eigenvalue weighted by Gasteiger charge is -2.28. The fraction of sp³-hybridized carbons (Fsp3) is 0.440. The van der Waals surface area contributed by atoms with Crippen molar-refractivity contribution >= 4 is 38.8 Å². The molecule has 31 heavy (non-hydrogen) atoms. The number of hydrogen-bond acceptors (Lipinski definition) is 5. The molecule has 1 saturated heterocycles. The van der Waals surface area contributed by atoms with Crippen LogP contribution in [0.15, 0.2) is 30.3 Å². The van der Waals surface area contributed by atoms with Gasteiger partial charge in [0.15, 0.2) is 0 Å². The first-order valence-corrected chi connectivity index (χ1v) is 12.3. The van der Waals surface area contributed by atoms with Gasteiger partial charge in [-0.1, -0.05) is 12.1 Å².